The molecule has 7 nitrogen and oxygen atoms in total. The van der Waals surface area contributed by atoms with Crippen LogP contribution in [0.3, 0.4) is 0 Å². The molecule has 1 aliphatic rings. The van der Waals surface area contributed by atoms with Gasteiger partial charge in [0.2, 0.25) is 25.1 Å². The summed E-state index contributed by atoms with van der Waals surface area (Å²) >= 11 is 0. The van der Waals surface area contributed by atoms with Crippen LogP contribution in [0.1, 0.15) is 46.0 Å². The molecule has 0 radical (unpaired) electrons. The first kappa shape index (κ1) is 19.8. The van der Waals surface area contributed by atoms with Gasteiger partial charge in [-0.1, -0.05) is 20.3 Å². The number of hydrogen-bond donors (Lipinski definition) is 2. The third kappa shape index (κ3) is 6.83. The average molecular weight is 346 g/mol. The van der Waals surface area contributed by atoms with E-state index in [2.05, 4.69) is 5.32 Å². The van der Waals surface area contributed by atoms with Gasteiger partial charge in [0, 0.05) is 44.2 Å². The average Bonchev–Trinajstić information content (AvgIpc) is 2.72. The van der Waals surface area contributed by atoms with E-state index in [1.807, 2.05) is 0 Å². The number of nitrogens with one attached hydrogen (secondary N) is 1. The zero-order valence-corrected chi connectivity index (χ0v) is 14.8. The highest BCUT2D eigenvalue weighted by Gasteiger charge is 2.34. The molecule has 2 unspecified atom stereocenters. The Bertz CT molecular complexity index is 494. The van der Waals surface area contributed by atoms with Crippen LogP contribution in [-0.4, -0.2) is 52.9 Å². The van der Waals surface area contributed by atoms with Gasteiger partial charge in [0.05, 0.1) is 0 Å². The number of likely N-dealkylation sites (tertiary alicyclic amines) is 1. The molecular formula is C15H27N2O5P. The number of unbranched alkanes of at least 4 members (excludes halogenated alkanes) is 2. The summed E-state index contributed by atoms with van der Waals surface area (Å²) in [6.45, 7) is 4.05. The van der Waals surface area contributed by atoms with Crippen LogP contribution in [0.2, 0.25) is 0 Å². The smallest absolute Gasteiger partial charge is 0.232 e. The fourth-order valence-electron chi connectivity index (χ4n) is 2.43. The van der Waals surface area contributed by atoms with Crippen LogP contribution < -0.4 is 5.32 Å². The molecular weight excluding hydrogens is 319 g/mol. The molecule has 1 saturated heterocycles. The number of amides is 3. The van der Waals surface area contributed by atoms with E-state index in [1.54, 1.807) is 13.8 Å². The van der Waals surface area contributed by atoms with Crippen molar-refractivity contribution in [3.05, 3.63) is 0 Å². The maximum atomic E-state index is 11.7. The quantitative estimate of drug-likeness (QED) is 0.353. The lowest BCUT2D eigenvalue weighted by Gasteiger charge is -2.14. The van der Waals surface area contributed by atoms with E-state index in [0.29, 0.717) is 32.2 Å². The minimum absolute atomic E-state index is 0.0999. The highest BCUT2D eigenvalue weighted by molar-refractivity contribution is 7.57. The molecule has 1 fully saturated rings. The molecule has 0 aromatic heterocycles. The summed E-state index contributed by atoms with van der Waals surface area (Å²) in [6.07, 6.45) is 3.09. The highest BCUT2D eigenvalue weighted by atomic mass is 31.2. The van der Waals surface area contributed by atoms with Gasteiger partial charge in [0.25, 0.3) is 0 Å². The maximum absolute atomic E-state index is 11.7. The van der Waals surface area contributed by atoms with E-state index in [4.69, 9.17) is 0 Å². The second kappa shape index (κ2) is 9.18. The molecule has 0 spiro atoms. The van der Waals surface area contributed by atoms with E-state index in [-0.39, 0.29) is 42.5 Å². The lowest BCUT2D eigenvalue weighted by Crippen LogP contribution is -2.31. The molecule has 0 saturated carbocycles. The molecule has 1 rings (SSSR count). The lowest BCUT2D eigenvalue weighted by atomic mass is 10.1. The van der Waals surface area contributed by atoms with Crippen molar-refractivity contribution in [3.63, 3.8) is 0 Å². The number of imide groups is 1. The van der Waals surface area contributed by atoms with Crippen molar-refractivity contribution >= 4 is 25.1 Å². The largest absolute Gasteiger partial charge is 0.356 e. The van der Waals surface area contributed by atoms with Crippen LogP contribution in [0, 0.1) is 5.92 Å². The van der Waals surface area contributed by atoms with Crippen molar-refractivity contribution < 1.29 is 23.8 Å². The number of nitrogens with zero attached hydrogens (tertiary/aromatic N) is 1. The van der Waals surface area contributed by atoms with E-state index in [0.717, 1.165) is 6.42 Å². The molecule has 132 valence electrons. The molecule has 0 aromatic rings. The SMILES string of the molecule is CCP(=O)(O)CCNC(=O)CCCCCN1C(=O)CC(C)C1=O. The van der Waals surface area contributed by atoms with E-state index in [1.165, 1.54) is 4.90 Å². The number of carbonyl (C=O) groups excluding carboxylic acids is 3. The Balaban J connectivity index is 2.09. The summed E-state index contributed by atoms with van der Waals surface area (Å²) in [5.41, 5.74) is 0. The first-order chi connectivity index (χ1) is 10.8. The monoisotopic (exact) mass is 346 g/mol. The topological polar surface area (TPSA) is 104 Å². The predicted molar refractivity (Wildman–Crippen MR) is 87.2 cm³/mol. The molecule has 1 heterocycles. The minimum Gasteiger partial charge on any atom is -0.356 e. The molecule has 0 aliphatic carbocycles. The van der Waals surface area contributed by atoms with Crippen molar-refractivity contribution in [2.24, 2.45) is 5.92 Å². The molecule has 8 heteroatoms. The molecule has 23 heavy (non-hydrogen) atoms. The van der Waals surface area contributed by atoms with E-state index < -0.39 is 7.37 Å². The van der Waals surface area contributed by atoms with E-state index >= 15 is 0 Å². The van der Waals surface area contributed by atoms with Crippen LogP contribution >= 0.6 is 7.37 Å². The van der Waals surface area contributed by atoms with Crippen LogP contribution in [-0.2, 0) is 18.9 Å². The third-order valence-electron chi connectivity index (χ3n) is 4.03. The summed E-state index contributed by atoms with van der Waals surface area (Å²) in [7, 11) is -3.08. The normalized spacial score (nSPS) is 20.7. The molecule has 0 bridgehead atoms. The van der Waals surface area contributed by atoms with Gasteiger partial charge in [0.15, 0.2) is 0 Å². The van der Waals surface area contributed by atoms with Crippen molar-refractivity contribution in [1.29, 1.82) is 0 Å². The van der Waals surface area contributed by atoms with E-state index in [9.17, 15) is 23.8 Å². The Kier molecular flexibility index (Phi) is 7.92. The highest BCUT2D eigenvalue weighted by Crippen LogP contribution is 2.38. The Morgan fingerprint density at radius 1 is 1.35 bits per heavy atom. The van der Waals surface area contributed by atoms with Crippen LogP contribution in [0.25, 0.3) is 0 Å². The minimum atomic E-state index is -3.08. The first-order valence-electron chi connectivity index (χ1n) is 8.18. The van der Waals surface area contributed by atoms with Gasteiger partial charge in [-0.3, -0.25) is 23.8 Å². The van der Waals surface area contributed by atoms with Crippen LogP contribution in [0.4, 0.5) is 0 Å². The number of carbonyl (C=O) groups is 3. The van der Waals surface area contributed by atoms with Crippen LogP contribution in [0.15, 0.2) is 0 Å². The van der Waals surface area contributed by atoms with Gasteiger partial charge in [-0.05, 0) is 12.8 Å². The van der Waals surface area contributed by atoms with Crippen molar-refractivity contribution in [2.45, 2.75) is 46.0 Å². The zero-order valence-electron chi connectivity index (χ0n) is 13.9. The summed E-state index contributed by atoms with van der Waals surface area (Å²) in [4.78, 5) is 45.6. The molecule has 3 amide bonds. The fraction of sp³-hybridized carbons (Fsp3) is 0.800. The van der Waals surface area contributed by atoms with Gasteiger partial charge in [-0.25, -0.2) is 0 Å². The zero-order chi connectivity index (χ0) is 17.5. The number of hydrogen-bond acceptors (Lipinski definition) is 4. The van der Waals surface area contributed by atoms with Gasteiger partial charge in [-0.2, -0.15) is 0 Å². The van der Waals surface area contributed by atoms with Gasteiger partial charge >= 0.3 is 0 Å². The fourth-order valence-corrected chi connectivity index (χ4v) is 3.21. The number of rotatable bonds is 10. The third-order valence-corrected chi connectivity index (χ3v) is 5.94. The Morgan fingerprint density at radius 2 is 2.04 bits per heavy atom. The van der Waals surface area contributed by atoms with Gasteiger partial charge < -0.3 is 10.2 Å². The maximum Gasteiger partial charge on any atom is 0.232 e. The summed E-state index contributed by atoms with van der Waals surface area (Å²) in [6, 6.07) is 0. The lowest BCUT2D eigenvalue weighted by molar-refractivity contribution is -0.139. The van der Waals surface area contributed by atoms with Crippen molar-refractivity contribution in [3.8, 4) is 0 Å². The summed E-state index contributed by atoms with van der Waals surface area (Å²) in [5, 5.41) is 2.64. The Labute approximate surface area is 137 Å². The van der Waals surface area contributed by atoms with Crippen molar-refractivity contribution in [1.82, 2.24) is 10.2 Å². The molecule has 0 aromatic carbocycles. The first-order valence-corrected chi connectivity index (χ1v) is 10.2. The molecule has 2 atom stereocenters. The molecule has 1 aliphatic heterocycles. The van der Waals surface area contributed by atoms with Crippen LogP contribution in [0.5, 0.6) is 0 Å². The second-order valence-electron chi connectivity index (χ2n) is 6.04. The second-order valence-corrected chi connectivity index (χ2v) is 8.81. The van der Waals surface area contributed by atoms with Gasteiger partial charge in [0.1, 0.15) is 0 Å². The van der Waals surface area contributed by atoms with Crippen molar-refractivity contribution in [2.75, 3.05) is 25.4 Å². The predicted octanol–water partition coefficient (Wildman–Crippen LogP) is 1.35. The molecule has 2 N–H and O–H groups in total. The van der Waals surface area contributed by atoms with Gasteiger partial charge in [-0.15, -0.1) is 0 Å². The Morgan fingerprint density at radius 3 is 2.61 bits per heavy atom. The summed E-state index contributed by atoms with van der Waals surface area (Å²) < 4.78 is 11.4. The summed E-state index contributed by atoms with van der Waals surface area (Å²) in [5.74, 6) is -0.552. The Hall–Kier alpha value is -1.20. The standard InChI is InChI=1S/C15H27N2O5P/c1-3-23(21,22)10-8-16-13(18)7-5-4-6-9-17-14(19)11-12(2)15(17)20/h12H,3-11H2,1-2H3,(H,16,18)(H,21,22).